The van der Waals surface area contributed by atoms with Crippen LogP contribution >= 0.6 is 0 Å². The maximum atomic E-state index is 11.6. The first-order valence-corrected chi connectivity index (χ1v) is 11.7. The van der Waals surface area contributed by atoms with E-state index < -0.39 is 9.84 Å². The molecule has 2 N–H and O–H groups in total. The van der Waals surface area contributed by atoms with E-state index >= 15 is 0 Å². The van der Waals surface area contributed by atoms with Crippen molar-refractivity contribution in [2.75, 3.05) is 24.6 Å². The van der Waals surface area contributed by atoms with Crippen LogP contribution in [0.2, 0.25) is 0 Å². The van der Waals surface area contributed by atoms with Gasteiger partial charge in [-0.15, -0.1) is 0 Å². The topological polar surface area (TPSA) is 70.6 Å². The van der Waals surface area contributed by atoms with Crippen molar-refractivity contribution >= 4 is 15.8 Å². The lowest BCUT2D eigenvalue weighted by Gasteiger charge is -2.28. The van der Waals surface area contributed by atoms with Gasteiger partial charge in [0.05, 0.1) is 11.5 Å². The van der Waals surface area contributed by atoms with E-state index in [0.29, 0.717) is 18.3 Å². The fourth-order valence-electron chi connectivity index (χ4n) is 4.05. The van der Waals surface area contributed by atoms with E-state index in [1.54, 1.807) is 0 Å². The van der Waals surface area contributed by atoms with Crippen LogP contribution in [0.3, 0.4) is 0 Å². The number of hydrogen-bond donors (Lipinski definition) is 2. The molecular weight excluding hydrogens is 346 g/mol. The smallest absolute Gasteiger partial charge is 0.191 e. The molecule has 0 amide bonds. The van der Waals surface area contributed by atoms with Crippen LogP contribution in [0.25, 0.3) is 0 Å². The summed E-state index contributed by atoms with van der Waals surface area (Å²) in [6, 6.07) is 10.8. The summed E-state index contributed by atoms with van der Waals surface area (Å²) in [5.41, 5.74) is 1.46. The largest absolute Gasteiger partial charge is 0.357 e. The molecule has 2 fully saturated rings. The SMILES string of the molecule is CCNC(=NCC1CCC(c2ccccc2)CC1)NC1CCS(=O)(=O)C1. The molecular formula is C20H31N3O2S. The molecule has 1 saturated carbocycles. The second-order valence-corrected chi connectivity index (χ2v) is 9.82. The summed E-state index contributed by atoms with van der Waals surface area (Å²) in [5, 5.41) is 6.56. The van der Waals surface area contributed by atoms with Crippen LogP contribution in [0, 0.1) is 5.92 Å². The molecule has 3 rings (SSSR count). The van der Waals surface area contributed by atoms with Crippen molar-refractivity contribution in [3.63, 3.8) is 0 Å². The zero-order chi connectivity index (χ0) is 18.4. The van der Waals surface area contributed by atoms with Crippen LogP contribution in [0.4, 0.5) is 0 Å². The first-order valence-electron chi connectivity index (χ1n) is 9.86. The highest BCUT2D eigenvalue weighted by Crippen LogP contribution is 2.35. The van der Waals surface area contributed by atoms with Crippen molar-refractivity contribution in [3.8, 4) is 0 Å². The van der Waals surface area contributed by atoms with Crippen molar-refractivity contribution in [2.24, 2.45) is 10.9 Å². The molecule has 1 heterocycles. The highest BCUT2D eigenvalue weighted by atomic mass is 32.2. The van der Waals surface area contributed by atoms with E-state index in [9.17, 15) is 8.42 Å². The highest BCUT2D eigenvalue weighted by Gasteiger charge is 2.28. The van der Waals surface area contributed by atoms with Gasteiger partial charge in [0, 0.05) is 19.1 Å². The summed E-state index contributed by atoms with van der Waals surface area (Å²) in [6.45, 7) is 3.63. The summed E-state index contributed by atoms with van der Waals surface area (Å²) < 4.78 is 23.3. The molecule has 1 atom stereocenters. The van der Waals surface area contributed by atoms with Gasteiger partial charge >= 0.3 is 0 Å². The third kappa shape index (κ3) is 5.47. The molecule has 1 unspecified atom stereocenters. The van der Waals surface area contributed by atoms with Gasteiger partial charge in [0.15, 0.2) is 15.8 Å². The molecule has 5 nitrogen and oxygen atoms in total. The van der Waals surface area contributed by atoms with Crippen molar-refractivity contribution in [1.29, 1.82) is 0 Å². The molecule has 2 aliphatic rings. The Hall–Kier alpha value is -1.56. The van der Waals surface area contributed by atoms with E-state index in [1.165, 1.54) is 31.2 Å². The Labute approximate surface area is 157 Å². The second kappa shape index (κ2) is 8.89. The Morgan fingerprint density at radius 3 is 2.46 bits per heavy atom. The number of aliphatic imine (C=N–C) groups is 1. The first kappa shape index (κ1) is 19.2. The number of benzene rings is 1. The summed E-state index contributed by atoms with van der Waals surface area (Å²) in [6.07, 6.45) is 5.56. The maximum Gasteiger partial charge on any atom is 0.191 e. The van der Waals surface area contributed by atoms with Gasteiger partial charge in [0.25, 0.3) is 0 Å². The summed E-state index contributed by atoms with van der Waals surface area (Å²) in [7, 11) is -2.87. The van der Waals surface area contributed by atoms with Gasteiger partial charge in [-0.2, -0.15) is 0 Å². The molecule has 0 spiro atoms. The number of nitrogens with one attached hydrogen (secondary N) is 2. The Morgan fingerprint density at radius 1 is 1.12 bits per heavy atom. The number of sulfone groups is 1. The Balaban J connectivity index is 1.49. The summed E-state index contributed by atoms with van der Waals surface area (Å²) in [5.74, 6) is 2.58. The molecule has 6 heteroatoms. The van der Waals surface area contributed by atoms with Crippen LogP contribution < -0.4 is 10.6 Å². The van der Waals surface area contributed by atoms with Gasteiger partial charge < -0.3 is 10.6 Å². The van der Waals surface area contributed by atoms with Gasteiger partial charge in [0.2, 0.25) is 0 Å². The third-order valence-corrected chi connectivity index (χ3v) is 7.31. The predicted molar refractivity (Wildman–Crippen MR) is 107 cm³/mol. The van der Waals surface area contributed by atoms with E-state index in [-0.39, 0.29) is 17.5 Å². The zero-order valence-electron chi connectivity index (χ0n) is 15.7. The molecule has 0 aromatic heterocycles. The minimum absolute atomic E-state index is 0.00776. The molecule has 144 valence electrons. The van der Waals surface area contributed by atoms with E-state index in [4.69, 9.17) is 4.99 Å². The minimum Gasteiger partial charge on any atom is -0.357 e. The lowest BCUT2D eigenvalue weighted by molar-refractivity contribution is 0.333. The number of rotatable bonds is 5. The monoisotopic (exact) mass is 377 g/mol. The van der Waals surface area contributed by atoms with Crippen molar-refractivity contribution < 1.29 is 8.42 Å². The van der Waals surface area contributed by atoms with Crippen LogP contribution in [0.15, 0.2) is 35.3 Å². The minimum atomic E-state index is -2.87. The number of nitrogens with zero attached hydrogens (tertiary/aromatic N) is 1. The zero-order valence-corrected chi connectivity index (χ0v) is 16.5. The van der Waals surface area contributed by atoms with E-state index in [1.807, 2.05) is 6.92 Å². The van der Waals surface area contributed by atoms with Crippen LogP contribution in [-0.4, -0.2) is 45.0 Å². The van der Waals surface area contributed by atoms with Gasteiger partial charge in [-0.05, 0) is 56.4 Å². The van der Waals surface area contributed by atoms with Gasteiger partial charge in [-0.3, -0.25) is 4.99 Å². The Bertz CT molecular complexity index is 695. The van der Waals surface area contributed by atoms with Gasteiger partial charge in [-0.25, -0.2) is 8.42 Å². The van der Waals surface area contributed by atoms with Crippen molar-refractivity contribution in [3.05, 3.63) is 35.9 Å². The summed E-state index contributed by atoms with van der Waals surface area (Å²) >= 11 is 0. The van der Waals surface area contributed by atoms with Crippen molar-refractivity contribution in [1.82, 2.24) is 10.6 Å². The Kier molecular flexibility index (Phi) is 6.57. The quantitative estimate of drug-likeness (QED) is 0.611. The molecule has 1 saturated heterocycles. The number of guanidine groups is 1. The third-order valence-electron chi connectivity index (χ3n) is 5.54. The standard InChI is InChI=1S/C20H31N3O2S/c1-2-21-20(23-19-12-13-26(24,25)15-19)22-14-16-8-10-18(11-9-16)17-6-4-3-5-7-17/h3-7,16,18-19H,2,8-15H2,1H3,(H2,21,22,23). The fourth-order valence-corrected chi connectivity index (χ4v) is 5.72. The lowest BCUT2D eigenvalue weighted by atomic mass is 9.79. The van der Waals surface area contributed by atoms with Crippen LogP contribution in [0.1, 0.15) is 50.5 Å². The highest BCUT2D eigenvalue weighted by molar-refractivity contribution is 7.91. The molecule has 1 aliphatic heterocycles. The second-order valence-electron chi connectivity index (χ2n) is 7.59. The molecule has 0 bridgehead atoms. The average Bonchev–Trinajstić information content (AvgIpc) is 2.99. The fraction of sp³-hybridized carbons (Fsp3) is 0.650. The van der Waals surface area contributed by atoms with E-state index in [0.717, 1.165) is 19.0 Å². The molecule has 1 aromatic rings. The average molecular weight is 378 g/mol. The van der Waals surface area contributed by atoms with Crippen LogP contribution in [-0.2, 0) is 9.84 Å². The lowest BCUT2D eigenvalue weighted by Crippen LogP contribution is -2.44. The molecule has 1 aromatic carbocycles. The number of hydrogen-bond acceptors (Lipinski definition) is 3. The Morgan fingerprint density at radius 2 is 1.85 bits per heavy atom. The molecule has 26 heavy (non-hydrogen) atoms. The molecule has 0 radical (unpaired) electrons. The van der Waals surface area contributed by atoms with Crippen molar-refractivity contribution in [2.45, 2.75) is 51.0 Å². The predicted octanol–water partition coefficient (Wildman–Crippen LogP) is 2.70. The first-order chi connectivity index (χ1) is 12.6. The maximum absolute atomic E-state index is 11.6. The van der Waals surface area contributed by atoms with Crippen LogP contribution in [0.5, 0.6) is 0 Å². The van der Waals surface area contributed by atoms with Gasteiger partial charge in [0.1, 0.15) is 0 Å². The normalized spacial score (nSPS) is 28.7. The summed E-state index contributed by atoms with van der Waals surface area (Å²) in [4.78, 5) is 4.75. The van der Waals surface area contributed by atoms with Gasteiger partial charge in [-0.1, -0.05) is 30.3 Å². The van der Waals surface area contributed by atoms with E-state index in [2.05, 4.69) is 41.0 Å². The molecule has 1 aliphatic carbocycles.